The summed E-state index contributed by atoms with van der Waals surface area (Å²) in [5.41, 5.74) is 0. The second-order valence-corrected chi connectivity index (χ2v) is 4.37. The first kappa shape index (κ1) is 9.71. The van der Waals surface area contributed by atoms with Crippen molar-refractivity contribution in [1.82, 2.24) is 10.2 Å². The summed E-state index contributed by atoms with van der Waals surface area (Å²) in [7, 11) is 0. The van der Waals surface area contributed by atoms with E-state index < -0.39 is 0 Å². The number of carbonyl (C=O) groups is 1. The van der Waals surface area contributed by atoms with Crippen LogP contribution in [0, 0.1) is 11.8 Å². The predicted molar refractivity (Wildman–Crippen MR) is 55.9 cm³/mol. The van der Waals surface area contributed by atoms with Crippen LogP contribution in [0.15, 0.2) is 12.2 Å². The number of hydrogen-bond acceptors (Lipinski definition) is 2. The molecule has 0 aliphatic carbocycles. The molecule has 3 heteroatoms. The summed E-state index contributed by atoms with van der Waals surface area (Å²) in [6.45, 7) is 5.93. The lowest BCUT2D eigenvalue weighted by Crippen LogP contribution is -2.52. The van der Waals surface area contributed by atoms with Crippen LogP contribution in [0.2, 0.25) is 0 Å². The smallest absolute Gasteiger partial charge is 0.246 e. The fourth-order valence-corrected chi connectivity index (χ4v) is 2.53. The number of fused-ring (bicyclic) bond motifs is 2. The van der Waals surface area contributed by atoms with Gasteiger partial charge in [0.25, 0.3) is 0 Å². The van der Waals surface area contributed by atoms with Gasteiger partial charge in [-0.2, -0.15) is 0 Å². The Morgan fingerprint density at radius 2 is 2.00 bits per heavy atom. The zero-order chi connectivity index (χ0) is 9.97. The quantitative estimate of drug-likeness (QED) is 0.621. The van der Waals surface area contributed by atoms with Crippen LogP contribution < -0.4 is 5.32 Å². The topological polar surface area (TPSA) is 32.3 Å². The maximum Gasteiger partial charge on any atom is 0.246 e. The molecular formula is C11H18N2O. The summed E-state index contributed by atoms with van der Waals surface area (Å²) in [5.74, 6) is 1.54. The lowest BCUT2D eigenvalue weighted by Gasteiger charge is -2.41. The van der Waals surface area contributed by atoms with E-state index >= 15 is 0 Å². The first-order chi connectivity index (χ1) is 6.79. The fourth-order valence-electron chi connectivity index (χ4n) is 2.53. The Hall–Kier alpha value is -0.830. The molecule has 78 valence electrons. The molecule has 0 aromatic carbocycles. The van der Waals surface area contributed by atoms with Gasteiger partial charge in [0.2, 0.25) is 5.91 Å². The van der Waals surface area contributed by atoms with E-state index in [4.69, 9.17) is 0 Å². The molecule has 2 bridgehead atoms. The van der Waals surface area contributed by atoms with Gasteiger partial charge in [0.15, 0.2) is 0 Å². The highest BCUT2D eigenvalue weighted by molar-refractivity contribution is 5.87. The summed E-state index contributed by atoms with van der Waals surface area (Å²) >= 11 is 0. The monoisotopic (exact) mass is 194 g/mol. The van der Waals surface area contributed by atoms with Crippen LogP contribution in [0.5, 0.6) is 0 Å². The average molecular weight is 194 g/mol. The zero-order valence-corrected chi connectivity index (χ0v) is 8.70. The van der Waals surface area contributed by atoms with Gasteiger partial charge in [-0.3, -0.25) is 4.79 Å². The van der Waals surface area contributed by atoms with E-state index in [2.05, 4.69) is 5.32 Å². The molecule has 1 N–H and O–H groups in total. The zero-order valence-electron chi connectivity index (χ0n) is 8.70. The fraction of sp³-hybridized carbons (Fsp3) is 0.727. The summed E-state index contributed by atoms with van der Waals surface area (Å²) in [6, 6.07) is 0. The number of likely N-dealkylation sites (tertiary alicyclic amines) is 1. The van der Waals surface area contributed by atoms with Crippen molar-refractivity contribution in [3.8, 4) is 0 Å². The molecule has 2 saturated heterocycles. The van der Waals surface area contributed by atoms with Crippen molar-refractivity contribution in [2.75, 3.05) is 26.2 Å². The molecule has 0 aromatic rings. The summed E-state index contributed by atoms with van der Waals surface area (Å²) in [5, 5.41) is 3.42. The second kappa shape index (κ2) is 4.13. The standard InChI is InChI=1S/C11H18N2O/c1-2-3-11(14)13-7-9-4-10(8-13)6-12-5-9/h2-3,9-10,12H,4-8H2,1H3/b3-2+. The molecule has 3 nitrogen and oxygen atoms in total. The Kier molecular flexibility index (Phi) is 2.87. The molecule has 2 aliphatic heterocycles. The molecule has 1 amide bonds. The summed E-state index contributed by atoms with van der Waals surface area (Å²) in [6.07, 6.45) is 4.80. The number of carbonyl (C=O) groups excluding carboxylic acids is 1. The van der Waals surface area contributed by atoms with Crippen LogP contribution in [-0.2, 0) is 4.79 Å². The van der Waals surface area contributed by atoms with Crippen LogP contribution in [0.1, 0.15) is 13.3 Å². The van der Waals surface area contributed by atoms with E-state index in [1.54, 1.807) is 6.08 Å². The van der Waals surface area contributed by atoms with Crippen LogP contribution in [-0.4, -0.2) is 37.0 Å². The van der Waals surface area contributed by atoms with Crippen molar-refractivity contribution in [3.63, 3.8) is 0 Å². The van der Waals surface area contributed by atoms with Crippen molar-refractivity contribution in [2.45, 2.75) is 13.3 Å². The molecule has 2 aliphatic rings. The van der Waals surface area contributed by atoms with Crippen LogP contribution in [0.4, 0.5) is 0 Å². The van der Waals surface area contributed by atoms with E-state index in [1.165, 1.54) is 6.42 Å². The van der Waals surface area contributed by atoms with E-state index in [0.717, 1.165) is 26.2 Å². The largest absolute Gasteiger partial charge is 0.339 e. The van der Waals surface area contributed by atoms with Gasteiger partial charge in [-0.05, 0) is 44.3 Å². The molecule has 2 rings (SSSR count). The van der Waals surface area contributed by atoms with Crippen molar-refractivity contribution in [3.05, 3.63) is 12.2 Å². The number of nitrogens with zero attached hydrogens (tertiary/aromatic N) is 1. The Morgan fingerprint density at radius 1 is 1.36 bits per heavy atom. The van der Waals surface area contributed by atoms with E-state index in [9.17, 15) is 4.79 Å². The molecular weight excluding hydrogens is 176 g/mol. The Bertz CT molecular complexity index is 238. The molecule has 14 heavy (non-hydrogen) atoms. The minimum atomic E-state index is 0.184. The maximum atomic E-state index is 11.6. The number of allylic oxidation sites excluding steroid dienone is 1. The van der Waals surface area contributed by atoms with E-state index in [1.807, 2.05) is 17.9 Å². The van der Waals surface area contributed by atoms with Gasteiger partial charge >= 0.3 is 0 Å². The van der Waals surface area contributed by atoms with Crippen LogP contribution in [0.25, 0.3) is 0 Å². The van der Waals surface area contributed by atoms with Crippen molar-refractivity contribution < 1.29 is 4.79 Å². The highest BCUT2D eigenvalue weighted by Crippen LogP contribution is 2.24. The van der Waals surface area contributed by atoms with Crippen molar-refractivity contribution >= 4 is 5.91 Å². The number of rotatable bonds is 1. The second-order valence-electron chi connectivity index (χ2n) is 4.37. The van der Waals surface area contributed by atoms with Crippen LogP contribution in [0.3, 0.4) is 0 Å². The Labute approximate surface area is 85.2 Å². The van der Waals surface area contributed by atoms with Gasteiger partial charge in [0.1, 0.15) is 0 Å². The molecule has 2 fully saturated rings. The average Bonchev–Trinajstić information content (AvgIpc) is 2.17. The van der Waals surface area contributed by atoms with E-state index in [0.29, 0.717) is 11.8 Å². The highest BCUT2D eigenvalue weighted by Gasteiger charge is 2.31. The highest BCUT2D eigenvalue weighted by atomic mass is 16.2. The van der Waals surface area contributed by atoms with Crippen LogP contribution >= 0.6 is 0 Å². The molecule has 2 heterocycles. The molecule has 0 radical (unpaired) electrons. The Morgan fingerprint density at radius 3 is 2.57 bits per heavy atom. The number of amides is 1. The lowest BCUT2D eigenvalue weighted by atomic mass is 9.86. The third kappa shape index (κ3) is 1.98. The van der Waals surface area contributed by atoms with E-state index in [-0.39, 0.29) is 5.91 Å². The first-order valence-corrected chi connectivity index (χ1v) is 5.42. The van der Waals surface area contributed by atoms with Gasteiger partial charge in [-0.25, -0.2) is 0 Å². The van der Waals surface area contributed by atoms with Gasteiger partial charge in [-0.15, -0.1) is 0 Å². The number of nitrogens with one attached hydrogen (secondary N) is 1. The third-order valence-electron chi connectivity index (χ3n) is 3.11. The maximum absolute atomic E-state index is 11.6. The Balaban J connectivity index is 1.98. The summed E-state index contributed by atoms with van der Waals surface area (Å²) in [4.78, 5) is 13.6. The lowest BCUT2D eigenvalue weighted by molar-refractivity contribution is -0.129. The molecule has 0 aromatic heterocycles. The van der Waals surface area contributed by atoms with Crippen molar-refractivity contribution in [2.24, 2.45) is 11.8 Å². The predicted octanol–water partition coefficient (Wildman–Crippen LogP) is 0.630. The van der Waals surface area contributed by atoms with Gasteiger partial charge in [0, 0.05) is 13.1 Å². The first-order valence-electron chi connectivity index (χ1n) is 5.42. The number of piperidine rings is 2. The SMILES string of the molecule is C/C=C/C(=O)N1CC2CNCC(C2)C1. The number of hydrogen-bond donors (Lipinski definition) is 1. The minimum absolute atomic E-state index is 0.184. The van der Waals surface area contributed by atoms with Gasteiger partial charge in [-0.1, -0.05) is 6.08 Å². The van der Waals surface area contributed by atoms with Gasteiger partial charge < -0.3 is 10.2 Å². The minimum Gasteiger partial charge on any atom is -0.339 e. The molecule has 2 unspecified atom stereocenters. The molecule has 0 saturated carbocycles. The molecule has 0 spiro atoms. The normalized spacial score (nSPS) is 32.2. The summed E-state index contributed by atoms with van der Waals surface area (Å²) < 4.78 is 0. The van der Waals surface area contributed by atoms with Gasteiger partial charge in [0.05, 0.1) is 0 Å². The third-order valence-corrected chi connectivity index (χ3v) is 3.11. The van der Waals surface area contributed by atoms with Crippen molar-refractivity contribution in [1.29, 1.82) is 0 Å². The molecule has 2 atom stereocenters.